The van der Waals surface area contributed by atoms with Gasteiger partial charge in [0.25, 0.3) is 0 Å². The molecule has 0 saturated heterocycles. The Hall–Kier alpha value is -2.30. The molecule has 1 aromatic carbocycles. The quantitative estimate of drug-likeness (QED) is 0.723. The zero-order valence-electron chi connectivity index (χ0n) is 12.3. The summed E-state index contributed by atoms with van der Waals surface area (Å²) in [5.74, 6) is -1.70. The highest BCUT2D eigenvalue weighted by atomic mass is 16.4. The average molecular weight is 290 g/mol. The summed E-state index contributed by atoms with van der Waals surface area (Å²) in [6.45, 7) is 6.72. The number of rotatable bonds is 8. The van der Waals surface area contributed by atoms with E-state index in [1.807, 2.05) is 13.0 Å². The van der Waals surface area contributed by atoms with Crippen molar-refractivity contribution in [3.63, 3.8) is 0 Å². The Morgan fingerprint density at radius 3 is 2.57 bits per heavy atom. The summed E-state index contributed by atoms with van der Waals surface area (Å²) < 4.78 is 0. The van der Waals surface area contributed by atoms with Crippen LogP contribution in [0.5, 0.6) is 0 Å². The molecule has 1 aromatic rings. The van der Waals surface area contributed by atoms with E-state index < -0.39 is 11.9 Å². The van der Waals surface area contributed by atoms with Gasteiger partial charge in [-0.1, -0.05) is 43.3 Å². The number of benzene rings is 1. The van der Waals surface area contributed by atoms with E-state index in [0.717, 1.165) is 6.42 Å². The molecule has 5 heteroatoms. The first-order chi connectivity index (χ1) is 10.1. The van der Waals surface area contributed by atoms with Crippen molar-refractivity contribution in [2.24, 2.45) is 0 Å². The Morgan fingerprint density at radius 1 is 1.38 bits per heavy atom. The van der Waals surface area contributed by atoms with Gasteiger partial charge in [0.2, 0.25) is 0 Å². The van der Waals surface area contributed by atoms with E-state index in [0.29, 0.717) is 18.7 Å². The van der Waals surface area contributed by atoms with Gasteiger partial charge >= 0.3 is 12.0 Å². The summed E-state index contributed by atoms with van der Waals surface area (Å²) >= 11 is 0. The summed E-state index contributed by atoms with van der Waals surface area (Å²) in [7, 11) is 0. The second-order valence-corrected chi connectivity index (χ2v) is 4.72. The van der Waals surface area contributed by atoms with Gasteiger partial charge in [-0.15, -0.1) is 6.58 Å². The highest BCUT2D eigenvalue weighted by molar-refractivity contribution is 5.79. The summed E-state index contributed by atoms with van der Waals surface area (Å²) in [6.07, 6.45) is 2.49. The lowest BCUT2D eigenvalue weighted by atomic mass is 9.99. The van der Waals surface area contributed by atoms with Crippen molar-refractivity contribution in [2.75, 3.05) is 19.6 Å². The Morgan fingerprint density at radius 2 is 2.05 bits per heavy atom. The maximum atomic E-state index is 12.1. The Kier molecular flexibility index (Phi) is 7.01. The van der Waals surface area contributed by atoms with Crippen LogP contribution >= 0.6 is 0 Å². The molecule has 0 bridgehead atoms. The summed E-state index contributed by atoms with van der Waals surface area (Å²) in [6, 6.07) is 8.63. The van der Waals surface area contributed by atoms with Crippen LogP contribution in [0.15, 0.2) is 43.0 Å². The molecule has 1 unspecified atom stereocenters. The minimum Gasteiger partial charge on any atom is -0.481 e. The molecule has 2 amide bonds. The topological polar surface area (TPSA) is 69.6 Å². The number of carboxylic acids is 1. The number of nitrogens with one attached hydrogen (secondary N) is 1. The Bertz CT molecular complexity index is 474. The average Bonchev–Trinajstić information content (AvgIpc) is 2.48. The fraction of sp³-hybridized carbons (Fsp3) is 0.375. The van der Waals surface area contributed by atoms with E-state index in [4.69, 9.17) is 0 Å². The first-order valence-corrected chi connectivity index (χ1v) is 7.01. The number of hydrogen-bond acceptors (Lipinski definition) is 2. The summed E-state index contributed by atoms with van der Waals surface area (Å²) in [4.78, 5) is 25.0. The van der Waals surface area contributed by atoms with Gasteiger partial charge in [-0.2, -0.15) is 0 Å². The number of carbonyl (C=O) groups is 2. The molecule has 0 aliphatic heterocycles. The Balaban J connectivity index is 2.67. The van der Waals surface area contributed by atoms with Gasteiger partial charge in [-0.25, -0.2) is 4.79 Å². The van der Waals surface area contributed by atoms with Crippen LogP contribution in [0, 0.1) is 0 Å². The second kappa shape index (κ2) is 8.79. The second-order valence-electron chi connectivity index (χ2n) is 4.72. The number of aliphatic carboxylic acids is 1. The van der Waals surface area contributed by atoms with E-state index in [2.05, 4.69) is 11.9 Å². The van der Waals surface area contributed by atoms with Crippen molar-refractivity contribution in [1.82, 2.24) is 10.2 Å². The van der Waals surface area contributed by atoms with Gasteiger partial charge < -0.3 is 15.3 Å². The van der Waals surface area contributed by atoms with Crippen molar-refractivity contribution in [1.29, 1.82) is 0 Å². The van der Waals surface area contributed by atoms with E-state index in [1.54, 1.807) is 35.2 Å². The molecule has 0 fully saturated rings. The molecule has 0 aromatic heterocycles. The predicted molar refractivity (Wildman–Crippen MR) is 82.3 cm³/mol. The van der Waals surface area contributed by atoms with E-state index in [-0.39, 0.29) is 12.6 Å². The maximum Gasteiger partial charge on any atom is 0.317 e. The van der Waals surface area contributed by atoms with Gasteiger partial charge in [-0.05, 0) is 12.0 Å². The fourth-order valence-corrected chi connectivity index (χ4v) is 2.04. The van der Waals surface area contributed by atoms with Crippen LogP contribution in [0.4, 0.5) is 4.79 Å². The monoisotopic (exact) mass is 290 g/mol. The molecule has 21 heavy (non-hydrogen) atoms. The molecule has 0 spiro atoms. The third-order valence-electron chi connectivity index (χ3n) is 3.09. The van der Waals surface area contributed by atoms with Crippen LogP contribution < -0.4 is 5.32 Å². The first kappa shape index (κ1) is 16.8. The smallest absolute Gasteiger partial charge is 0.317 e. The van der Waals surface area contributed by atoms with Crippen LogP contribution in [-0.2, 0) is 4.79 Å². The number of nitrogens with zero attached hydrogens (tertiary/aromatic N) is 1. The molecule has 1 rings (SSSR count). The molecular weight excluding hydrogens is 268 g/mol. The SMILES string of the molecule is C=CCN(CCC)C(=O)NCC(C(=O)O)c1ccccc1. The predicted octanol–water partition coefficient (Wildman–Crippen LogP) is 2.46. The van der Waals surface area contributed by atoms with Crippen molar-refractivity contribution < 1.29 is 14.7 Å². The standard InChI is InChI=1S/C16H22N2O3/c1-3-10-18(11-4-2)16(21)17-12-14(15(19)20)13-8-6-5-7-9-13/h3,5-9,14H,1,4,10-12H2,2H3,(H,17,21)(H,19,20). The lowest BCUT2D eigenvalue weighted by Gasteiger charge is -2.22. The van der Waals surface area contributed by atoms with Crippen molar-refractivity contribution in [3.8, 4) is 0 Å². The Labute approximate surface area is 125 Å². The van der Waals surface area contributed by atoms with Crippen LogP contribution in [0.3, 0.4) is 0 Å². The van der Waals surface area contributed by atoms with Gasteiger partial charge in [0, 0.05) is 19.6 Å². The zero-order valence-corrected chi connectivity index (χ0v) is 12.3. The lowest BCUT2D eigenvalue weighted by Crippen LogP contribution is -2.42. The minimum atomic E-state index is -0.952. The zero-order chi connectivity index (χ0) is 15.7. The van der Waals surface area contributed by atoms with E-state index in [9.17, 15) is 14.7 Å². The van der Waals surface area contributed by atoms with Gasteiger partial charge in [-0.3, -0.25) is 4.79 Å². The van der Waals surface area contributed by atoms with Gasteiger partial charge in [0.1, 0.15) is 0 Å². The highest BCUT2D eigenvalue weighted by Gasteiger charge is 2.21. The third-order valence-corrected chi connectivity index (χ3v) is 3.09. The van der Waals surface area contributed by atoms with Crippen molar-refractivity contribution in [3.05, 3.63) is 48.6 Å². The van der Waals surface area contributed by atoms with Crippen LogP contribution in [0.1, 0.15) is 24.8 Å². The fourth-order valence-electron chi connectivity index (χ4n) is 2.04. The van der Waals surface area contributed by atoms with Gasteiger partial charge in [0.15, 0.2) is 0 Å². The minimum absolute atomic E-state index is 0.0650. The molecule has 114 valence electrons. The molecule has 0 radical (unpaired) electrons. The number of carboxylic acid groups (broad SMARTS) is 1. The molecule has 5 nitrogen and oxygen atoms in total. The molecule has 0 saturated carbocycles. The number of urea groups is 1. The van der Waals surface area contributed by atoms with E-state index >= 15 is 0 Å². The maximum absolute atomic E-state index is 12.1. The number of carbonyl (C=O) groups excluding carboxylic acids is 1. The third kappa shape index (κ3) is 5.30. The van der Waals surface area contributed by atoms with Crippen LogP contribution in [-0.4, -0.2) is 41.6 Å². The molecule has 0 aliphatic carbocycles. The summed E-state index contributed by atoms with van der Waals surface area (Å²) in [5, 5.41) is 12.0. The number of hydrogen-bond donors (Lipinski definition) is 2. The van der Waals surface area contributed by atoms with E-state index in [1.165, 1.54) is 0 Å². The van der Waals surface area contributed by atoms with Crippen molar-refractivity contribution in [2.45, 2.75) is 19.3 Å². The number of amides is 2. The van der Waals surface area contributed by atoms with Crippen LogP contribution in [0.2, 0.25) is 0 Å². The molecule has 0 aliphatic rings. The molecule has 1 atom stereocenters. The lowest BCUT2D eigenvalue weighted by molar-refractivity contribution is -0.138. The summed E-state index contributed by atoms with van der Waals surface area (Å²) in [5.41, 5.74) is 0.677. The van der Waals surface area contributed by atoms with Gasteiger partial charge in [0.05, 0.1) is 5.92 Å². The highest BCUT2D eigenvalue weighted by Crippen LogP contribution is 2.14. The molecule has 2 N–H and O–H groups in total. The van der Waals surface area contributed by atoms with Crippen molar-refractivity contribution >= 4 is 12.0 Å². The largest absolute Gasteiger partial charge is 0.481 e. The molecular formula is C16H22N2O3. The molecule has 0 heterocycles. The normalized spacial score (nSPS) is 11.5. The first-order valence-electron chi connectivity index (χ1n) is 7.01. The van der Waals surface area contributed by atoms with Crippen LogP contribution in [0.25, 0.3) is 0 Å².